The molecule has 0 radical (unpaired) electrons. The Labute approximate surface area is 188 Å². The zero-order valence-electron chi connectivity index (χ0n) is 17.8. The second-order valence-corrected chi connectivity index (χ2v) is 8.87. The van der Waals surface area contributed by atoms with Crippen molar-refractivity contribution in [3.05, 3.63) is 95.3 Å². The molecule has 32 heavy (non-hydrogen) atoms. The molecule has 3 aromatic rings. The van der Waals surface area contributed by atoms with Gasteiger partial charge in [0.05, 0.1) is 26.5 Å². The van der Waals surface area contributed by atoms with Crippen molar-refractivity contribution in [1.29, 1.82) is 0 Å². The first kappa shape index (κ1) is 23.3. The van der Waals surface area contributed by atoms with Crippen molar-refractivity contribution >= 4 is 22.0 Å². The van der Waals surface area contributed by atoms with Crippen molar-refractivity contribution < 1.29 is 22.4 Å². The Balaban J connectivity index is 1.62. The van der Waals surface area contributed by atoms with Crippen LogP contribution >= 0.6 is 0 Å². The van der Waals surface area contributed by atoms with Crippen LogP contribution in [0.3, 0.4) is 0 Å². The van der Waals surface area contributed by atoms with E-state index in [1.165, 1.54) is 12.3 Å². The Morgan fingerprint density at radius 1 is 1.06 bits per heavy atom. The van der Waals surface area contributed by atoms with E-state index in [1.807, 2.05) is 42.5 Å². The molecule has 0 aliphatic heterocycles. The first-order chi connectivity index (χ1) is 15.5. The number of furan rings is 1. The van der Waals surface area contributed by atoms with Crippen molar-refractivity contribution in [3.63, 3.8) is 0 Å². The number of sulfonamides is 1. The quantitative estimate of drug-likeness (QED) is 0.479. The van der Waals surface area contributed by atoms with Crippen LogP contribution in [0.1, 0.15) is 16.9 Å². The molecule has 2 aromatic carbocycles. The maximum absolute atomic E-state index is 12.9. The molecule has 0 spiro atoms. The normalized spacial score (nSPS) is 11.7. The van der Waals surface area contributed by atoms with Gasteiger partial charge in [0.2, 0.25) is 15.9 Å². The molecule has 1 heterocycles. The topological polar surface area (TPSA) is 88.8 Å². The van der Waals surface area contributed by atoms with Crippen LogP contribution in [0.2, 0.25) is 0 Å². The van der Waals surface area contributed by atoms with E-state index in [0.29, 0.717) is 18.7 Å². The summed E-state index contributed by atoms with van der Waals surface area (Å²) in [6.07, 6.45) is 3.59. The van der Waals surface area contributed by atoms with Crippen molar-refractivity contribution in [2.45, 2.75) is 13.0 Å². The standard InChI is InChI=1S/C24H26N2O5S/c1-30-22-11-9-21(10-12-22)13-15-25-24(27)19-26(18-23-8-5-16-31-23)32(28,29)17-14-20-6-3-2-4-7-20/h2-12,14,16-17H,13,15,18-19H2,1H3,(H,25,27)/b17-14+. The summed E-state index contributed by atoms with van der Waals surface area (Å²) in [6.45, 7) is 0.0325. The summed E-state index contributed by atoms with van der Waals surface area (Å²) in [5.74, 6) is 0.828. The van der Waals surface area contributed by atoms with Gasteiger partial charge in [0.1, 0.15) is 11.5 Å². The molecular formula is C24H26N2O5S. The van der Waals surface area contributed by atoms with E-state index in [2.05, 4.69) is 5.32 Å². The highest BCUT2D eigenvalue weighted by Gasteiger charge is 2.23. The molecule has 0 fully saturated rings. The second-order valence-electron chi connectivity index (χ2n) is 7.05. The summed E-state index contributed by atoms with van der Waals surface area (Å²) in [5.41, 5.74) is 1.79. The molecule has 3 rings (SSSR count). The third kappa shape index (κ3) is 7.11. The molecule has 1 amide bonds. The fraction of sp³-hybridized carbons (Fsp3) is 0.208. The predicted octanol–water partition coefficient (Wildman–Crippen LogP) is 3.45. The van der Waals surface area contributed by atoms with Crippen molar-refractivity contribution in [3.8, 4) is 5.75 Å². The van der Waals surface area contributed by atoms with Crippen LogP contribution in [-0.2, 0) is 27.8 Å². The van der Waals surface area contributed by atoms with Gasteiger partial charge < -0.3 is 14.5 Å². The van der Waals surface area contributed by atoms with Crippen molar-refractivity contribution in [2.24, 2.45) is 0 Å². The maximum atomic E-state index is 12.9. The number of hydrogen-bond acceptors (Lipinski definition) is 5. The molecule has 1 aromatic heterocycles. The van der Waals surface area contributed by atoms with Gasteiger partial charge in [-0.25, -0.2) is 8.42 Å². The van der Waals surface area contributed by atoms with Gasteiger partial charge in [0.15, 0.2) is 0 Å². The van der Waals surface area contributed by atoms with Gasteiger partial charge in [-0.3, -0.25) is 4.79 Å². The second kappa shape index (κ2) is 11.3. The Kier molecular flexibility index (Phi) is 8.24. The van der Waals surface area contributed by atoms with Crippen molar-refractivity contribution in [1.82, 2.24) is 9.62 Å². The van der Waals surface area contributed by atoms with Gasteiger partial charge in [-0.2, -0.15) is 4.31 Å². The lowest BCUT2D eigenvalue weighted by atomic mass is 10.1. The molecule has 0 aliphatic carbocycles. The molecule has 7 nitrogen and oxygen atoms in total. The van der Waals surface area contributed by atoms with Gasteiger partial charge >= 0.3 is 0 Å². The number of nitrogens with one attached hydrogen (secondary N) is 1. The summed E-state index contributed by atoms with van der Waals surface area (Å²) in [5, 5.41) is 3.89. The number of carbonyl (C=O) groups excluding carboxylic acids is 1. The highest BCUT2D eigenvalue weighted by molar-refractivity contribution is 7.92. The number of nitrogens with zero attached hydrogens (tertiary/aromatic N) is 1. The summed E-state index contributed by atoms with van der Waals surface area (Å²) in [6, 6.07) is 20.0. The number of carbonyl (C=O) groups is 1. The molecule has 0 unspecified atom stereocenters. The van der Waals surface area contributed by atoms with Crippen LogP contribution in [0, 0.1) is 0 Å². The summed E-state index contributed by atoms with van der Waals surface area (Å²) in [4.78, 5) is 12.5. The van der Waals surface area contributed by atoms with E-state index in [9.17, 15) is 13.2 Å². The van der Waals surface area contributed by atoms with E-state index in [1.54, 1.807) is 31.4 Å². The molecular weight excluding hydrogens is 428 g/mol. The van der Waals surface area contributed by atoms with Crippen LogP contribution in [0.25, 0.3) is 6.08 Å². The van der Waals surface area contributed by atoms with E-state index in [4.69, 9.17) is 9.15 Å². The molecule has 1 N–H and O–H groups in total. The Morgan fingerprint density at radius 2 is 1.81 bits per heavy atom. The monoisotopic (exact) mass is 454 g/mol. The average molecular weight is 455 g/mol. The number of methoxy groups -OCH3 is 1. The Hall–Kier alpha value is -3.36. The number of hydrogen-bond donors (Lipinski definition) is 1. The third-order valence-corrected chi connectivity index (χ3v) is 6.18. The largest absolute Gasteiger partial charge is 0.497 e. The minimum absolute atomic E-state index is 0.0413. The average Bonchev–Trinajstić information content (AvgIpc) is 3.32. The van der Waals surface area contributed by atoms with Gasteiger partial charge in [0, 0.05) is 12.0 Å². The van der Waals surface area contributed by atoms with Crippen LogP contribution in [0.4, 0.5) is 0 Å². The molecule has 0 bridgehead atoms. The molecule has 0 atom stereocenters. The summed E-state index contributed by atoms with van der Waals surface area (Å²) in [7, 11) is -2.25. The lowest BCUT2D eigenvalue weighted by Gasteiger charge is -2.19. The van der Waals surface area contributed by atoms with Crippen LogP contribution in [0.15, 0.2) is 82.8 Å². The lowest BCUT2D eigenvalue weighted by molar-refractivity contribution is -0.121. The Morgan fingerprint density at radius 3 is 2.47 bits per heavy atom. The third-order valence-electron chi connectivity index (χ3n) is 4.72. The minimum Gasteiger partial charge on any atom is -0.497 e. The summed E-state index contributed by atoms with van der Waals surface area (Å²) < 4.78 is 37.4. The first-order valence-electron chi connectivity index (χ1n) is 10.1. The molecule has 168 valence electrons. The highest BCUT2D eigenvalue weighted by atomic mass is 32.2. The molecule has 8 heteroatoms. The first-order valence-corrected chi connectivity index (χ1v) is 11.6. The molecule has 0 aliphatic rings. The minimum atomic E-state index is -3.86. The van der Waals surface area contributed by atoms with E-state index in [0.717, 1.165) is 26.6 Å². The van der Waals surface area contributed by atoms with Crippen LogP contribution < -0.4 is 10.1 Å². The van der Waals surface area contributed by atoms with E-state index < -0.39 is 10.0 Å². The highest BCUT2D eigenvalue weighted by Crippen LogP contribution is 2.14. The Bertz CT molecular complexity index is 1110. The molecule has 0 saturated heterocycles. The van der Waals surface area contributed by atoms with E-state index >= 15 is 0 Å². The number of benzene rings is 2. The smallest absolute Gasteiger partial charge is 0.237 e. The van der Waals surface area contributed by atoms with Gasteiger partial charge in [-0.1, -0.05) is 42.5 Å². The van der Waals surface area contributed by atoms with Crippen molar-refractivity contribution in [2.75, 3.05) is 20.2 Å². The van der Waals surface area contributed by atoms with E-state index in [-0.39, 0.29) is 19.0 Å². The number of amides is 1. The van der Waals surface area contributed by atoms with Gasteiger partial charge in [-0.05, 0) is 47.9 Å². The SMILES string of the molecule is COc1ccc(CCNC(=O)CN(Cc2ccco2)S(=O)(=O)/C=C/c2ccccc2)cc1. The van der Waals surface area contributed by atoms with Crippen LogP contribution in [-0.4, -0.2) is 38.8 Å². The summed E-state index contributed by atoms with van der Waals surface area (Å²) >= 11 is 0. The fourth-order valence-corrected chi connectivity index (χ4v) is 4.09. The lowest BCUT2D eigenvalue weighted by Crippen LogP contribution is -2.40. The number of ether oxygens (including phenoxy) is 1. The maximum Gasteiger partial charge on any atom is 0.237 e. The predicted molar refractivity (Wildman–Crippen MR) is 123 cm³/mol. The number of rotatable bonds is 11. The fourth-order valence-electron chi connectivity index (χ4n) is 2.98. The van der Waals surface area contributed by atoms with Crippen LogP contribution in [0.5, 0.6) is 5.75 Å². The zero-order chi connectivity index (χ0) is 22.8. The molecule has 0 saturated carbocycles. The zero-order valence-corrected chi connectivity index (χ0v) is 18.6. The van der Waals surface area contributed by atoms with Gasteiger partial charge in [0.25, 0.3) is 0 Å². The van der Waals surface area contributed by atoms with Gasteiger partial charge in [-0.15, -0.1) is 0 Å².